The molecule has 0 aliphatic heterocycles. The molecule has 22 heavy (non-hydrogen) atoms. The monoisotopic (exact) mass is 336 g/mol. The summed E-state index contributed by atoms with van der Waals surface area (Å²) in [6.45, 7) is 0.376. The van der Waals surface area contributed by atoms with E-state index >= 15 is 0 Å². The Labute approximate surface area is 139 Å². The normalized spacial score (nSPS) is 10.7. The molecule has 0 N–H and O–H groups in total. The molecule has 0 atom stereocenters. The summed E-state index contributed by atoms with van der Waals surface area (Å²) in [5.74, 6) is 0.292. The van der Waals surface area contributed by atoms with Crippen LogP contribution in [0.1, 0.15) is 11.1 Å². The number of esters is 1. The molecule has 0 heterocycles. The predicted molar refractivity (Wildman–Crippen MR) is 88.3 cm³/mol. The lowest BCUT2D eigenvalue weighted by Crippen LogP contribution is -1.96. The van der Waals surface area contributed by atoms with Crippen LogP contribution in [0.15, 0.2) is 48.5 Å². The zero-order chi connectivity index (χ0) is 15.9. The lowest BCUT2D eigenvalue weighted by molar-refractivity contribution is -0.134. The van der Waals surface area contributed by atoms with Gasteiger partial charge in [-0.15, -0.1) is 0 Å². The maximum atomic E-state index is 11.1. The van der Waals surface area contributed by atoms with E-state index < -0.39 is 5.97 Å². The van der Waals surface area contributed by atoms with Gasteiger partial charge in [0.2, 0.25) is 0 Å². The molecule has 0 radical (unpaired) electrons. The molecular formula is C17H14Cl2O3. The molecule has 2 rings (SSSR count). The summed E-state index contributed by atoms with van der Waals surface area (Å²) in [5, 5.41) is 1.01. The van der Waals surface area contributed by atoms with Crippen molar-refractivity contribution in [3.05, 3.63) is 69.7 Å². The molecule has 0 unspecified atom stereocenters. The van der Waals surface area contributed by atoms with Gasteiger partial charge in [-0.05, 0) is 41.5 Å². The highest BCUT2D eigenvalue weighted by Crippen LogP contribution is 2.23. The summed E-state index contributed by atoms with van der Waals surface area (Å²) in [7, 11) is 1.34. The summed E-state index contributed by atoms with van der Waals surface area (Å²) < 4.78 is 10.3. The van der Waals surface area contributed by atoms with Crippen molar-refractivity contribution in [1.29, 1.82) is 0 Å². The summed E-state index contributed by atoms with van der Waals surface area (Å²) in [6, 6.07) is 12.7. The van der Waals surface area contributed by atoms with E-state index in [-0.39, 0.29) is 0 Å². The van der Waals surface area contributed by atoms with E-state index in [0.717, 1.165) is 11.1 Å². The van der Waals surface area contributed by atoms with Gasteiger partial charge in [-0.1, -0.05) is 41.4 Å². The lowest BCUT2D eigenvalue weighted by Gasteiger charge is -2.08. The lowest BCUT2D eigenvalue weighted by atomic mass is 10.2. The molecule has 0 aliphatic carbocycles. The minimum atomic E-state index is -0.401. The second kappa shape index (κ2) is 7.87. The van der Waals surface area contributed by atoms with Gasteiger partial charge in [0.05, 0.1) is 17.2 Å². The Morgan fingerprint density at radius 1 is 1.14 bits per heavy atom. The fraction of sp³-hybridized carbons (Fsp3) is 0.118. The van der Waals surface area contributed by atoms with Gasteiger partial charge in [-0.25, -0.2) is 4.79 Å². The number of methoxy groups -OCH3 is 1. The molecule has 0 bridgehead atoms. The number of benzene rings is 2. The average molecular weight is 337 g/mol. The molecule has 0 fully saturated rings. The summed E-state index contributed by atoms with van der Waals surface area (Å²) >= 11 is 11.8. The van der Waals surface area contributed by atoms with E-state index in [4.69, 9.17) is 27.9 Å². The third-order valence-corrected chi connectivity index (χ3v) is 3.60. The highest BCUT2D eigenvalue weighted by molar-refractivity contribution is 6.42. The van der Waals surface area contributed by atoms with Crippen molar-refractivity contribution >= 4 is 35.2 Å². The van der Waals surface area contributed by atoms with Gasteiger partial charge < -0.3 is 9.47 Å². The fourth-order valence-electron chi connectivity index (χ4n) is 1.74. The first-order chi connectivity index (χ1) is 10.6. The third kappa shape index (κ3) is 4.79. The topological polar surface area (TPSA) is 35.5 Å². The number of carbonyl (C=O) groups is 1. The Bertz CT molecular complexity index is 696. The van der Waals surface area contributed by atoms with Gasteiger partial charge in [-0.3, -0.25) is 0 Å². The molecule has 2 aromatic carbocycles. The van der Waals surface area contributed by atoms with E-state index in [0.29, 0.717) is 22.4 Å². The molecular weight excluding hydrogens is 323 g/mol. The van der Waals surface area contributed by atoms with E-state index in [1.54, 1.807) is 18.2 Å². The molecule has 3 nitrogen and oxygen atoms in total. The second-order valence-electron chi connectivity index (χ2n) is 4.47. The molecule has 2 aromatic rings. The molecule has 0 aliphatic rings. The van der Waals surface area contributed by atoms with Crippen LogP contribution in [-0.2, 0) is 16.1 Å². The van der Waals surface area contributed by atoms with Crippen molar-refractivity contribution in [3.63, 3.8) is 0 Å². The molecule has 0 amide bonds. The zero-order valence-electron chi connectivity index (χ0n) is 11.9. The summed E-state index contributed by atoms with van der Waals surface area (Å²) in [6.07, 6.45) is 3.02. The van der Waals surface area contributed by atoms with Crippen LogP contribution < -0.4 is 4.74 Å². The van der Waals surface area contributed by atoms with Gasteiger partial charge in [-0.2, -0.15) is 0 Å². The number of rotatable bonds is 5. The van der Waals surface area contributed by atoms with Gasteiger partial charge >= 0.3 is 5.97 Å². The maximum Gasteiger partial charge on any atom is 0.330 e. The average Bonchev–Trinajstić information content (AvgIpc) is 2.54. The minimum absolute atomic E-state index is 0.376. The molecule has 0 saturated carbocycles. The third-order valence-electron chi connectivity index (χ3n) is 2.86. The molecule has 0 spiro atoms. The van der Waals surface area contributed by atoms with Crippen LogP contribution >= 0.6 is 23.2 Å². The standard InChI is InChI=1S/C17H14Cl2O3/c1-21-17(20)8-6-12-3-2-4-14(9-12)22-11-13-5-7-15(18)16(19)10-13/h2-10H,11H2,1H3/b8-6+. The van der Waals surface area contributed by atoms with E-state index in [9.17, 15) is 4.79 Å². The second-order valence-corrected chi connectivity index (χ2v) is 5.28. The number of hydrogen-bond acceptors (Lipinski definition) is 3. The van der Waals surface area contributed by atoms with E-state index in [1.807, 2.05) is 30.3 Å². The summed E-state index contributed by atoms with van der Waals surface area (Å²) in [5.41, 5.74) is 1.77. The Hall–Kier alpha value is -1.97. The Morgan fingerprint density at radius 2 is 1.95 bits per heavy atom. The Kier molecular flexibility index (Phi) is 5.87. The van der Waals surface area contributed by atoms with Crippen LogP contribution in [0.5, 0.6) is 5.75 Å². The molecule has 0 aromatic heterocycles. The SMILES string of the molecule is COC(=O)/C=C/c1cccc(OCc2ccc(Cl)c(Cl)c2)c1. The first-order valence-electron chi connectivity index (χ1n) is 6.51. The van der Waals surface area contributed by atoms with Gasteiger partial charge in [0.15, 0.2) is 0 Å². The molecule has 5 heteroatoms. The largest absolute Gasteiger partial charge is 0.489 e. The first-order valence-corrected chi connectivity index (χ1v) is 7.27. The molecule has 114 valence electrons. The maximum absolute atomic E-state index is 11.1. The van der Waals surface area contributed by atoms with Crippen molar-refractivity contribution in [2.75, 3.05) is 7.11 Å². The van der Waals surface area contributed by atoms with Crippen LogP contribution in [0, 0.1) is 0 Å². The smallest absolute Gasteiger partial charge is 0.330 e. The van der Waals surface area contributed by atoms with Crippen LogP contribution in [0.25, 0.3) is 6.08 Å². The number of ether oxygens (including phenoxy) is 2. The zero-order valence-corrected chi connectivity index (χ0v) is 13.4. The van der Waals surface area contributed by atoms with Crippen LogP contribution in [0.4, 0.5) is 0 Å². The summed E-state index contributed by atoms with van der Waals surface area (Å²) in [4.78, 5) is 11.1. The van der Waals surface area contributed by atoms with Crippen molar-refractivity contribution in [2.24, 2.45) is 0 Å². The Balaban J connectivity index is 2.02. The highest BCUT2D eigenvalue weighted by atomic mass is 35.5. The van der Waals surface area contributed by atoms with E-state index in [1.165, 1.54) is 13.2 Å². The van der Waals surface area contributed by atoms with Crippen LogP contribution in [-0.4, -0.2) is 13.1 Å². The quantitative estimate of drug-likeness (QED) is 0.583. The van der Waals surface area contributed by atoms with Crippen LogP contribution in [0.3, 0.4) is 0 Å². The van der Waals surface area contributed by atoms with Crippen molar-refractivity contribution in [2.45, 2.75) is 6.61 Å². The number of carbonyl (C=O) groups excluding carboxylic acids is 1. The van der Waals surface area contributed by atoms with E-state index in [2.05, 4.69) is 4.74 Å². The van der Waals surface area contributed by atoms with Gasteiger partial charge in [0.25, 0.3) is 0 Å². The van der Waals surface area contributed by atoms with Crippen molar-refractivity contribution in [3.8, 4) is 5.75 Å². The van der Waals surface area contributed by atoms with Crippen molar-refractivity contribution in [1.82, 2.24) is 0 Å². The Morgan fingerprint density at radius 3 is 2.68 bits per heavy atom. The highest BCUT2D eigenvalue weighted by Gasteiger charge is 2.01. The number of halogens is 2. The van der Waals surface area contributed by atoms with Crippen LogP contribution in [0.2, 0.25) is 10.0 Å². The van der Waals surface area contributed by atoms with Crippen molar-refractivity contribution < 1.29 is 14.3 Å². The number of hydrogen-bond donors (Lipinski definition) is 0. The fourth-order valence-corrected chi connectivity index (χ4v) is 2.06. The minimum Gasteiger partial charge on any atom is -0.489 e. The predicted octanol–water partition coefficient (Wildman–Crippen LogP) is 4.76. The molecule has 0 saturated heterocycles. The first kappa shape index (κ1) is 16.4. The van der Waals surface area contributed by atoms with Gasteiger partial charge in [0.1, 0.15) is 12.4 Å². The van der Waals surface area contributed by atoms with Gasteiger partial charge in [0, 0.05) is 6.08 Å².